The van der Waals surface area contributed by atoms with Gasteiger partial charge in [-0.05, 0) is 6.07 Å². The van der Waals surface area contributed by atoms with Crippen LogP contribution in [0.3, 0.4) is 0 Å². The summed E-state index contributed by atoms with van der Waals surface area (Å²) in [5.74, 6) is -0.884. The normalized spacial score (nSPS) is 15.2. The van der Waals surface area contributed by atoms with Gasteiger partial charge in [0, 0.05) is 5.56 Å². The van der Waals surface area contributed by atoms with Crippen LogP contribution < -0.4 is 10.5 Å². The lowest BCUT2D eigenvalue weighted by Crippen LogP contribution is -2.39. The summed E-state index contributed by atoms with van der Waals surface area (Å²) >= 11 is 0. The molecule has 2 atom stereocenters. The van der Waals surface area contributed by atoms with Crippen molar-refractivity contribution in [2.75, 3.05) is 0 Å². The number of aliphatic hydroxyl groups excluding tert-OH is 1. The van der Waals surface area contributed by atoms with E-state index in [2.05, 4.69) is 4.74 Å². The summed E-state index contributed by atoms with van der Waals surface area (Å²) in [4.78, 5) is 0. The maximum Gasteiger partial charge on any atom is 0.573 e. The fourth-order valence-electron chi connectivity index (χ4n) is 1.35. The van der Waals surface area contributed by atoms with Crippen molar-refractivity contribution in [2.24, 2.45) is 5.73 Å². The summed E-state index contributed by atoms with van der Waals surface area (Å²) < 4.78 is 76.6. The molecular formula is C10H10ClF6NO2. The molecule has 0 heterocycles. The van der Waals surface area contributed by atoms with Gasteiger partial charge in [-0.2, -0.15) is 13.2 Å². The Labute approximate surface area is 115 Å². The van der Waals surface area contributed by atoms with Crippen LogP contribution in [0.4, 0.5) is 26.3 Å². The average Bonchev–Trinajstić information content (AvgIpc) is 2.24. The summed E-state index contributed by atoms with van der Waals surface area (Å²) in [6.07, 6.45) is -13.1. The molecule has 0 aromatic heterocycles. The Morgan fingerprint density at radius 2 is 1.55 bits per heavy atom. The number of hydrogen-bond donors (Lipinski definition) is 2. The molecule has 0 saturated heterocycles. The lowest BCUT2D eigenvalue weighted by molar-refractivity contribution is -0.275. The Balaban J connectivity index is 0.00000361. The van der Waals surface area contributed by atoms with Gasteiger partial charge in [-0.1, -0.05) is 18.2 Å². The highest BCUT2D eigenvalue weighted by Gasteiger charge is 2.44. The highest BCUT2D eigenvalue weighted by atomic mass is 35.5. The van der Waals surface area contributed by atoms with Crippen LogP contribution in [0.5, 0.6) is 5.75 Å². The zero-order chi connectivity index (χ0) is 14.8. The van der Waals surface area contributed by atoms with E-state index in [9.17, 15) is 26.3 Å². The molecular weight excluding hydrogens is 316 g/mol. The van der Waals surface area contributed by atoms with Gasteiger partial charge in [0.2, 0.25) is 0 Å². The molecule has 0 radical (unpaired) electrons. The molecule has 0 aliphatic heterocycles. The van der Waals surface area contributed by atoms with E-state index in [-0.39, 0.29) is 12.4 Å². The third-order valence-electron chi connectivity index (χ3n) is 2.18. The summed E-state index contributed by atoms with van der Waals surface area (Å²) in [5, 5.41) is 8.94. The highest BCUT2D eigenvalue weighted by molar-refractivity contribution is 5.85. The van der Waals surface area contributed by atoms with Gasteiger partial charge in [-0.3, -0.25) is 0 Å². The lowest BCUT2D eigenvalue weighted by atomic mass is 10.0. The van der Waals surface area contributed by atoms with Gasteiger partial charge in [-0.15, -0.1) is 25.6 Å². The molecule has 0 aliphatic carbocycles. The standard InChI is InChI=1S/C10H9F6NO2.ClH/c11-9(12,13)8(18)7(17)5-3-1-2-4-6(5)19-10(14,15)16;/h1-4,7-8,18H,17H2;1H/t7-,8-;/m0./s1. The van der Waals surface area contributed by atoms with E-state index in [0.717, 1.165) is 18.2 Å². The molecule has 0 unspecified atom stereocenters. The molecule has 116 valence electrons. The molecule has 0 aliphatic rings. The van der Waals surface area contributed by atoms with E-state index < -0.39 is 36.0 Å². The molecule has 3 nitrogen and oxygen atoms in total. The number of para-hydroxylation sites is 1. The molecule has 0 spiro atoms. The Morgan fingerprint density at radius 1 is 1.05 bits per heavy atom. The number of aliphatic hydroxyl groups is 1. The van der Waals surface area contributed by atoms with Crippen molar-refractivity contribution in [3.8, 4) is 5.75 Å². The summed E-state index contributed by atoms with van der Waals surface area (Å²) in [6, 6.07) is 1.96. The first-order valence-corrected chi connectivity index (χ1v) is 4.87. The molecule has 20 heavy (non-hydrogen) atoms. The number of ether oxygens (including phenoxy) is 1. The van der Waals surface area contributed by atoms with Crippen LogP contribution in [-0.2, 0) is 0 Å². The molecule has 0 bridgehead atoms. The minimum atomic E-state index is -5.07. The first-order valence-electron chi connectivity index (χ1n) is 4.87. The van der Waals surface area contributed by atoms with Crippen LogP contribution in [0.25, 0.3) is 0 Å². The summed E-state index contributed by atoms with van der Waals surface area (Å²) in [7, 11) is 0. The first kappa shape index (κ1) is 18.8. The number of benzene rings is 1. The molecule has 0 amide bonds. The quantitative estimate of drug-likeness (QED) is 0.840. The Bertz CT molecular complexity index is 436. The molecule has 0 saturated carbocycles. The Kier molecular flexibility index (Phi) is 6.12. The van der Waals surface area contributed by atoms with Gasteiger partial charge in [0.05, 0.1) is 6.04 Å². The Morgan fingerprint density at radius 3 is 2.00 bits per heavy atom. The third kappa shape index (κ3) is 5.06. The topological polar surface area (TPSA) is 55.5 Å². The second-order valence-electron chi connectivity index (χ2n) is 3.60. The van der Waals surface area contributed by atoms with Gasteiger partial charge in [0.1, 0.15) is 5.75 Å². The van der Waals surface area contributed by atoms with E-state index in [1.54, 1.807) is 0 Å². The number of alkyl halides is 6. The van der Waals surface area contributed by atoms with Gasteiger partial charge in [-0.25, -0.2) is 0 Å². The number of rotatable bonds is 3. The molecule has 1 rings (SSSR count). The van der Waals surface area contributed by atoms with Crippen molar-refractivity contribution in [3.05, 3.63) is 29.8 Å². The van der Waals surface area contributed by atoms with E-state index in [4.69, 9.17) is 10.8 Å². The minimum absolute atomic E-state index is 0. The predicted molar refractivity (Wildman–Crippen MR) is 59.4 cm³/mol. The predicted octanol–water partition coefficient (Wildman–Crippen LogP) is 2.93. The van der Waals surface area contributed by atoms with Crippen LogP contribution in [0.2, 0.25) is 0 Å². The molecule has 3 N–H and O–H groups in total. The largest absolute Gasteiger partial charge is 0.573 e. The van der Waals surface area contributed by atoms with Crippen molar-refractivity contribution in [1.82, 2.24) is 0 Å². The van der Waals surface area contributed by atoms with E-state index >= 15 is 0 Å². The number of halogens is 7. The van der Waals surface area contributed by atoms with Crippen LogP contribution in [0.1, 0.15) is 11.6 Å². The van der Waals surface area contributed by atoms with Gasteiger partial charge < -0.3 is 15.6 Å². The molecule has 10 heteroatoms. The van der Waals surface area contributed by atoms with Gasteiger partial charge in [0.25, 0.3) is 0 Å². The van der Waals surface area contributed by atoms with Crippen molar-refractivity contribution in [2.45, 2.75) is 24.7 Å². The molecule has 1 aromatic carbocycles. The highest BCUT2D eigenvalue weighted by Crippen LogP contribution is 2.34. The van der Waals surface area contributed by atoms with Crippen molar-refractivity contribution in [1.29, 1.82) is 0 Å². The molecule has 1 aromatic rings. The first-order chi connectivity index (χ1) is 8.52. The second kappa shape index (κ2) is 6.51. The molecule has 0 fully saturated rings. The van der Waals surface area contributed by atoms with Crippen molar-refractivity contribution < 1.29 is 36.2 Å². The van der Waals surface area contributed by atoms with Crippen LogP contribution >= 0.6 is 12.4 Å². The van der Waals surface area contributed by atoms with Crippen LogP contribution in [0.15, 0.2) is 24.3 Å². The summed E-state index contributed by atoms with van der Waals surface area (Å²) in [6.45, 7) is 0. The lowest BCUT2D eigenvalue weighted by Gasteiger charge is -2.23. The SMILES string of the molecule is Cl.N[C@@H](c1ccccc1OC(F)(F)F)[C@H](O)C(F)(F)F. The van der Waals surface area contributed by atoms with E-state index in [0.29, 0.717) is 0 Å². The van der Waals surface area contributed by atoms with E-state index in [1.807, 2.05) is 0 Å². The number of nitrogens with two attached hydrogens (primary N) is 1. The maximum atomic E-state index is 12.3. The van der Waals surface area contributed by atoms with E-state index in [1.165, 1.54) is 6.07 Å². The monoisotopic (exact) mass is 325 g/mol. The van der Waals surface area contributed by atoms with Crippen molar-refractivity contribution >= 4 is 12.4 Å². The number of hydrogen-bond acceptors (Lipinski definition) is 3. The fourth-order valence-corrected chi connectivity index (χ4v) is 1.35. The second-order valence-corrected chi connectivity index (χ2v) is 3.60. The van der Waals surface area contributed by atoms with Crippen molar-refractivity contribution in [3.63, 3.8) is 0 Å². The van der Waals surface area contributed by atoms with Crippen LogP contribution in [-0.4, -0.2) is 23.7 Å². The zero-order valence-electron chi connectivity index (χ0n) is 9.57. The minimum Gasteiger partial charge on any atom is -0.405 e. The van der Waals surface area contributed by atoms with Gasteiger partial charge in [0.15, 0.2) is 6.10 Å². The van der Waals surface area contributed by atoms with Gasteiger partial charge >= 0.3 is 12.5 Å². The average molecular weight is 326 g/mol. The summed E-state index contributed by atoms with van der Waals surface area (Å²) in [5.41, 5.74) is 4.53. The smallest absolute Gasteiger partial charge is 0.405 e. The van der Waals surface area contributed by atoms with Crippen LogP contribution in [0, 0.1) is 0 Å². The zero-order valence-corrected chi connectivity index (χ0v) is 10.4. The third-order valence-corrected chi connectivity index (χ3v) is 2.18. The fraction of sp³-hybridized carbons (Fsp3) is 0.400. The maximum absolute atomic E-state index is 12.3. The Hall–Kier alpha value is -1.19.